The Kier molecular flexibility index (Phi) is 3.90. The molecule has 1 fully saturated rings. The van der Waals surface area contributed by atoms with Gasteiger partial charge in [-0.05, 0) is 18.8 Å². The van der Waals surface area contributed by atoms with Crippen LogP contribution in [0.3, 0.4) is 0 Å². The molecule has 2 unspecified atom stereocenters. The first-order valence-corrected chi connectivity index (χ1v) is 7.71. The van der Waals surface area contributed by atoms with E-state index < -0.39 is 0 Å². The van der Waals surface area contributed by atoms with E-state index in [1.54, 1.807) is 4.68 Å². The van der Waals surface area contributed by atoms with Crippen LogP contribution in [0.1, 0.15) is 44.3 Å². The van der Waals surface area contributed by atoms with Gasteiger partial charge in [-0.15, -0.1) is 0 Å². The van der Waals surface area contributed by atoms with Crippen LogP contribution in [0.4, 0.5) is 5.82 Å². The first-order valence-electron chi connectivity index (χ1n) is 7.71. The highest BCUT2D eigenvalue weighted by Crippen LogP contribution is 2.35. The molecular formula is C16H23N5. The minimum atomic E-state index is 0.484. The van der Waals surface area contributed by atoms with Crippen LogP contribution >= 0.6 is 0 Å². The lowest BCUT2D eigenvalue weighted by Crippen LogP contribution is -2.15. The molecule has 1 N–H and O–H groups in total. The molecule has 2 aromatic heterocycles. The number of anilines is 1. The molecule has 0 aliphatic heterocycles. The van der Waals surface area contributed by atoms with Crippen molar-refractivity contribution in [1.82, 2.24) is 19.7 Å². The summed E-state index contributed by atoms with van der Waals surface area (Å²) in [5.41, 5.74) is 2.00. The fourth-order valence-corrected chi connectivity index (χ4v) is 3.15. The van der Waals surface area contributed by atoms with E-state index in [9.17, 15) is 0 Å². The predicted octanol–water partition coefficient (Wildman–Crippen LogP) is 3.21. The SMILES string of the molecule is CNc1cc(-c2cnn(C)c2)nc(C2CCCC(C)C2)n1. The zero-order valence-electron chi connectivity index (χ0n) is 13.0. The van der Waals surface area contributed by atoms with Gasteiger partial charge in [-0.25, -0.2) is 9.97 Å². The second-order valence-corrected chi connectivity index (χ2v) is 6.12. The fourth-order valence-electron chi connectivity index (χ4n) is 3.15. The molecule has 2 atom stereocenters. The molecular weight excluding hydrogens is 262 g/mol. The van der Waals surface area contributed by atoms with Gasteiger partial charge in [-0.1, -0.05) is 19.8 Å². The summed E-state index contributed by atoms with van der Waals surface area (Å²) in [6.07, 6.45) is 8.85. The largest absolute Gasteiger partial charge is 0.373 e. The highest BCUT2D eigenvalue weighted by Gasteiger charge is 2.23. The normalized spacial score (nSPS) is 22.2. The van der Waals surface area contributed by atoms with E-state index in [1.165, 1.54) is 25.7 Å². The Labute approximate surface area is 125 Å². The minimum absolute atomic E-state index is 0.484. The van der Waals surface area contributed by atoms with Gasteiger partial charge in [0.2, 0.25) is 0 Å². The van der Waals surface area contributed by atoms with Gasteiger partial charge in [0.15, 0.2) is 0 Å². The average molecular weight is 285 g/mol. The number of nitrogens with zero attached hydrogens (tertiary/aromatic N) is 4. The van der Waals surface area contributed by atoms with E-state index in [2.05, 4.69) is 17.3 Å². The third-order valence-electron chi connectivity index (χ3n) is 4.30. The zero-order valence-corrected chi connectivity index (χ0v) is 13.0. The monoisotopic (exact) mass is 285 g/mol. The molecule has 1 aliphatic carbocycles. The Morgan fingerprint density at radius 2 is 2.14 bits per heavy atom. The number of aryl methyl sites for hydroxylation is 1. The van der Waals surface area contributed by atoms with Crippen molar-refractivity contribution in [3.63, 3.8) is 0 Å². The Morgan fingerprint density at radius 1 is 1.29 bits per heavy atom. The number of hydrogen-bond acceptors (Lipinski definition) is 4. The van der Waals surface area contributed by atoms with Crippen molar-refractivity contribution in [3.05, 3.63) is 24.3 Å². The topological polar surface area (TPSA) is 55.6 Å². The molecule has 1 aliphatic rings. The molecule has 0 radical (unpaired) electrons. The lowest BCUT2D eigenvalue weighted by molar-refractivity contribution is 0.335. The maximum Gasteiger partial charge on any atom is 0.134 e. The van der Waals surface area contributed by atoms with E-state index in [1.807, 2.05) is 32.6 Å². The van der Waals surface area contributed by atoms with Crippen LogP contribution in [-0.2, 0) is 7.05 Å². The molecule has 0 spiro atoms. The summed E-state index contributed by atoms with van der Waals surface area (Å²) in [6.45, 7) is 2.33. The average Bonchev–Trinajstić information content (AvgIpc) is 2.93. The fraction of sp³-hybridized carbons (Fsp3) is 0.562. The first-order chi connectivity index (χ1) is 10.2. The van der Waals surface area contributed by atoms with Crippen molar-refractivity contribution in [2.24, 2.45) is 13.0 Å². The molecule has 0 amide bonds. The van der Waals surface area contributed by atoms with Crippen molar-refractivity contribution in [2.45, 2.75) is 38.5 Å². The van der Waals surface area contributed by atoms with Gasteiger partial charge in [0, 0.05) is 37.8 Å². The van der Waals surface area contributed by atoms with Crippen molar-refractivity contribution in [2.75, 3.05) is 12.4 Å². The van der Waals surface area contributed by atoms with E-state index in [-0.39, 0.29) is 0 Å². The van der Waals surface area contributed by atoms with Gasteiger partial charge in [0.05, 0.1) is 11.9 Å². The van der Waals surface area contributed by atoms with Gasteiger partial charge in [0.1, 0.15) is 11.6 Å². The quantitative estimate of drug-likeness (QED) is 0.940. The van der Waals surface area contributed by atoms with Crippen LogP contribution in [-0.4, -0.2) is 26.8 Å². The number of nitrogens with one attached hydrogen (secondary N) is 1. The van der Waals surface area contributed by atoms with Crippen LogP contribution in [0.2, 0.25) is 0 Å². The molecule has 2 heterocycles. The molecule has 5 heteroatoms. The van der Waals surface area contributed by atoms with Crippen molar-refractivity contribution < 1.29 is 0 Å². The van der Waals surface area contributed by atoms with Gasteiger partial charge in [-0.2, -0.15) is 5.10 Å². The van der Waals surface area contributed by atoms with Crippen molar-refractivity contribution in [3.8, 4) is 11.3 Å². The minimum Gasteiger partial charge on any atom is -0.373 e. The van der Waals surface area contributed by atoms with Crippen molar-refractivity contribution in [1.29, 1.82) is 0 Å². The third kappa shape index (κ3) is 3.06. The van der Waals surface area contributed by atoms with Crippen LogP contribution in [0.5, 0.6) is 0 Å². The molecule has 0 aromatic carbocycles. The van der Waals surface area contributed by atoms with E-state index in [0.29, 0.717) is 5.92 Å². The molecule has 112 valence electrons. The van der Waals surface area contributed by atoms with Crippen LogP contribution in [0.15, 0.2) is 18.5 Å². The van der Waals surface area contributed by atoms with E-state index >= 15 is 0 Å². The van der Waals surface area contributed by atoms with E-state index in [4.69, 9.17) is 9.97 Å². The second-order valence-electron chi connectivity index (χ2n) is 6.12. The standard InChI is InChI=1S/C16H23N5/c1-11-5-4-6-12(7-11)16-19-14(8-15(17-2)20-16)13-9-18-21(3)10-13/h8-12H,4-7H2,1-3H3,(H,17,19,20). The molecule has 21 heavy (non-hydrogen) atoms. The van der Waals surface area contributed by atoms with Gasteiger partial charge in [-0.3, -0.25) is 4.68 Å². The smallest absolute Gasteiger partial charge is 0.134 e. The molecule has 1 saturated carbocycles. The summed E-state index contributed by atoms with van der Waals surface area (Å²) in [7, 11) is 3.83. The maximum absolute atomic E-state index is 4.82. The van der Waals surface area contributed by atoms with Crippen LogP contribution in [0.25, 0.3) is 11.3 Å². The number of aromatic nitrogens is 4. The van der Waals surface area contributed by atoms with Crippen LogP contribution in [0, 0.1) is 5.92 Å². The summed E-state index contributed by atoms with van der Waals surface area (Å²) in [5, 5.41) is 7.39. The molecule has 0 bridgehead atoms. The Bertz CT molecular complexity index is 619. The molecule has 0 saturated heterocycles. The lowest BCUT2D eigenvalue weighted by Gasteiger charge is -2.26. The Hall–Kier alpha value is -1.91. The predicted molar refractivity (Wildman–Crippen MR) is 84.2 cm³/mol. The summed E-state index contributed by atoms with van der Waals surface area (Å²) in [6, 6.07) is 1.99. The number of rotatable bonds is 3. The van der Waals surface area contributed by atoms with Gasteiger partial charge < -0.3 is 5.32 Å². The highest BCUT2D eigenvalue weighted by molar-refractivity contribution is 5.61. The third-order valence-corrected chi connectivity index (χ3v) is 4.30. The first kappa shape index (κ1) is 14.0. The van der Waals surface area contributed by atoms with Crippen molar-refractivity contribution >= 4 is 5.82 Å². The summed E-state index contributed by atoms with van der Waals surface area (Å²) in [5.74, 6) is 3.12. The lowest BCUT2D eigenvalue weighted by atomic mass is 9.82. The molecule has 2 aromatic rings. The summed E-state index contributed by atoms with van der Waals surface area (Å²) in [4.78, 5) is 9.51. The second kappa shape index (κ2) is 5.84. The highest BCUT2D eigenvalue weighted by atomic mass is 15.2. The Morgan fingerprint density at radius 3 is 2.81 bits per heavy atom. The number of hydrogen-bond donors (Lipinski definition) is 1. The summed E-state index contributed by atoms with van der Waals surface area (Å²) < 4.78 is 1.80. The zero-order chi connectivity index (χ0) is 14.8. The molecule has 5 nitrogen and oxygen atoms in total. The maximum atomic E-state index is 4.82. The van der Waals surface area contributed by atoms with Gasteiger partial charge in [0.25, 0.3) is 0 Å². The van der Waals surface area contributed by atoms with Crippen LogP contribution < -0.4 is 5.32 Å². The van der Waals surface area contributed by atoms with Gasteiger partial charge >= 0.3 is 0 Å². The van der Waals surface area contributed by atoms with E-state index in [0.717, 1.165) is 28.8 Å². The Balaban J connectivity index is 1.96. The summed E-state index contributed by atoms with van der Waals surface area (Å²) >= 11 is 0. The molecule has 3 rings (SSSR count).